The van der Waals surface area contributed by atoms with Crippen molar-refractivity contribution in [2.75, 3.05) is 13.2 Å². The fraction of sp³-hybridized carbons (Fsp3) is 0.346. The Hall–Kier alpha value is -3.61. The number of aliphatic carboxylic acids is 1. The second-order valence-electron chi connectivity index (χ2n) is 8.27. The molecule has 3 aromatic rings. The van der Waals surface area contributed by atoms with Crippen molar-refractivity contribution >= 4 is 11.7 Å². The minimum absolute atomic E-state index is 0.134. The molecule has 0 spiro atoms. The number of aryl methyl sites for hydroxylation is 1. The summed E-state index contributed by atoms with van der Waals surface area (Å²) in [6.45, 7) is 2.95. The fourth-order valence-corrected chi connectivity index (χ4v) is 3.39. The highest BCUT2D eigenvalue weighted by molar-refractivity contribution is 5.99. The van der Waals surface area contributed by atoms with Crippen molar-refractivity contribution < 1.29 is 23.9 Å². The van der Waals surface area contributed by atoms with E-state index in [1.807, 2.05) is 61.5 Å². The molecule has 33 heavy (non-hydrogen) atoms. The number of hydrogen-bond donors (Lipinski definition) is 1. The van der Waals surface area contributed by atoms with Gasteiger partial charge in [-0.15, -0.1) is 0 Å². The smallest absolute Gasteiger partial charge is 0.309 e. The van der Waals surface area contributed by atoms with Crippen LogP contribution < -0.4 is 4.74 Å². The van der Waals surface area contributed by atoms with Crippen LogP contribution in [-0.2, 0) is 22.5 Å². The Morgan fingerprint density at radius 3 is 2.61 bits per heavy atom. The molecular weight excluding hydrogens is 420 g/mol. The number of nitrogens with zero attached hydrogens (tertiary/aromatic N) is 2. The van der Waals surface area contributed by atoms with E-state index >= 15 is 0 Å². The Kier molecular flexibility index (Phi) is 7.40. The lowest BCUT2D eigenvalue weighted by Crippen LogP contribution is -2.11. The van der Waals surface area contributed by atoms with Crippen LogP contribution in [0, 0.1) is 12.8 Å². The summed E-state index contributed by atoms with van der Waals surface area (Å²) in [6.07, 6.45) is 3.26. The van der Waals surface area contributed by atoms with Crippen LogP contribution in [0.25, 0.3) is 11.5 Å². The number of carboxylic acids is 1. The molecule has 0 unspecified atom stereocenters. The van der Waals surface area contributed by atoms with Gasteiger partial charge >= 0.3 is 5.97 Å². The highest BCUT2D eigenvalue weighted by Gasteiger charge is 2.22. The molecule has 1 aliphatic rings. The van der Waals surface area contributed by atoms with Crippen LogP contribution in [0.1, 0.15) is 36.3 Å². The molecule has 1 N–H and O–H groups in total. The van der Waals surface area contributed by atoms with Gasteiger partial charge in [0.25, 0.3) is 0 Å². The maximum atomic E-state index is 11.1. The van der Waals surface area contributed by atoms with Gasteiger partial charge in [0, 0.05) is 18.4 Å². The predicted octanol–water partition coefficient (Wildman–Crippen LogP) is 5.07. The van der Waals surface area contributed by atoms with Gasteiger partial charge in [-0.25, -0.2) is 4.98 Å². The standard InChI is InChI=1S/C26H28N2O5/c1-18-24(27-26(33-18)21-5-3-2-4-6-21)13-14-31-23-11-9-19(10-12-23)15-22(16-25(29)30)28-32-17-20-7-8-20/h2-6,9-12,20H,7-8,13-17H2,1H3,(H,29,30). The first-order chi connectivity index (χ1) is 16.1. The second-order valence-corrected chi connectivity index (χ2v) is 8.27. The van der Waals surface area contributed by atoms with E-state index in [0.29, 0.717) is 43.6 Å². The zero-order valence-corrected chi connectivity index (χ0v) is 18.7. The largest absolute Gasteiger partial charge is 0.493 e. The zero-order valence-electron chi connectivity index (χ0n) is 18.7. The number of benzene rings is 2. The van der Waals surface area contributed by atoms with Gasteiger partial charge in [-0.3, -0.25) is 4.79 Å². The van der Waals surface area contributed by atoms with Crippen LogP contribution in [0.5, 0.6) is 5.75 Å². The van der Waals surface area contributed by atoms with E-state index < -0.39 is 5.97 Å². The molecule has 0 atom stereocenters. The van der Waals surface area contributed by atoms with Crippen LogP contribution in [0.3, 0.4) is 0 Å². The van der Waals surface area contributed by atoms with Crippen LogP contribution in [0.2, 0.25) is 0 Å². The Bertz CT molecular complexity index is 1090. The van der Waals surface area contributed by atoms with Gasteiger partial charge in [0.05, 0.1) is 24.4 Å². The van der Waals surface area contributed by atoms with Gasteiger partial charge < -0.3 is 19.1 Å². The highest BCUT2D eigenvalue weighted by Crippen LogP contribution is 2.29. The minimum Gasteiger partial charge on any atom is -0.493 e. The average molecular weight is 449 g/mol. The quantitative estimate of drug-likeness (QED) is 0.307. The summed E-state index contributed by atoms with van der Waals surface area (Å²) in [5.41, 5.74) is 3.29. The predicted molar refractivity (Wildman–Crippen MR) is 124 cm³/mol. The monoisotopic (exact) mass is 448 g/mol. The molecule has 0 amide bonds. The SMILES string of the molecule is Cc1oc(-c2ccccc2)nc1CCOc1ccc(CC(CC(=O)O)=NOCC2CC2)cc1. The number of oxime groups is 1. The van der Waals surface area contributed by atoms with Crippen molar-refractivity contribution in [2.45, 2.75) is 39.0 Å². The summed E-state index contributed by atoms with van der Waals surface area (Å²) in [4.78, 5) is 21.1. The average Bonchev–Trinajstić information content (AvgIpc) is 3.56. The number of carboxylic acid groups (broad SMARTS) is 1. The third-order valence-corrected chi connectivity index (χ3v) is 5.41. The molecule has 4 rings (SSSR count). The number of oxazole rings is 1. The first kappa shape index (κ1) is 22.6. The molecule has 0 aliphatic heterocycles. The van der Waals surface area contributed by atoms with Crippen LogP contribution in [-0.4, -0.2) is 35.0 Å². The van der Waals surface area contributed by atoms with Crippen molar-refractivity contribution in [2.24, 2.45) is 11.1 Å². The van der Waals surface area contributed by atoms with Crippen LogP contribution >= 0.6 is 0 Å². The summed E-state index contributed by atoms with van der Waals surface area (Å²) in [5.74, 6) is 1.81. The van der Waals surface area contributed by atoms with Crippen molar-refractivity contribution in [3.8, 4) is 17.2 Å². The number of ether oxygens (including phenoxy) is 1. The van der Waals surface area contributed by atoms with E-state index in [1.54, 1.807) is 0 Å². The molecule has 0 radical (unpaired) electrons. The lowest BCUT2D eigenvalue weighted by molar-refractivity contribution is -0.135. The molecule has 1 aromatic heterocycles. The van der Waals surface area contributed by atoms with Gasteiger partial charge in [0.2, 0.25) is 5.89 Å². The molecule has 0 saturated heterocycles. The third kappa shape index (κ3) is 6.94. The van der Waals surface area contributed by atoms with E-state index in [-0.39, 0.29) is 6.42 Å². The number of rotatable bonds is 12. The Morgan fingerprint density at radius 2 is 1.91 bits per heavy atom. The summed E-state index contributed by atoms with van der Waals surface area (Å²) in [5, 5.41) is 13.2. The zero-order chi connectivity index (χ0) is 23.0. The first-order valence-corrected chi connectivity index (χ1v) is 11.2. The molecule has 7 nitrogen and oxygen atoms in total. The minimum atomic E-state index is -0.915. The van der Waals surface area contributed by atoms with E-state index in [0.717, 1.165) is 41.2 Å². The molecule has 7 heteroatoms. The van der Waals surface area contributed by atoms with Gasteiger partial charge in [-0.1, -0.05) is 35.5 Å². The van der Waals surface area contributed by atoms with Gasteiger partial charge in [0.15, 0.2) is 0 Å². The lowest BCUT2D eigenvalue weighted by Gasteiger charge is -2.08. The maximum Gasteiger partial charge on any atom is 0.309 e. The van der Waals surface area contributed by atoms with E-state index in [9.17, 15) is 4.79 Å². The first-order valence-electron chi connectivity index (χ1n) is 11.2. The third-order valence-electron chi connectivity index (χ3n) is 5.41. The topological polar surface area (TPSA) is 94.2 Å². The van der Waals surface area contributed by atoms with Gasteiger partial charge in [-0.2, -0.15) is 0 Å². The number of carbonyl (C=O) groups is 1. The van der Waals surface area contributed by atoms with E-state index in [1.165, 1.54) is 0 Å². The molecule has 1 fully saturated rings. The van der Waals surface area contributed by atoms with Crippen molar-refractivity contribution in [1.29, 1.82) is 0 Å². The highest BCUT2D eigenvalue weighted by atomic mass is 16.6. The number of hydrogen-bond acceptors (Lipinski definition) is 6. The van der Waals surface area contributed by atoms with Gasteiger partial charge in [-0.05, 0) is 55.5 Å². The van der Waals surface area contributed by atoms with Crippen molar-refractivity contribution in [1.82, 2.24) is 4.98 Å². The molecule has 172 valence electrons. The Balaban J connectivity index is 1.28. The maximum absolute atomic E-state index is 11.1. The normalized spacial score (nSPS) is 13.7. The van der Waals surface area contributed by atoms with Crippen molar-refractivity contribution in [3.63, 3.8) is 0 Å². The van der Waals surface area contributed by atoms with E-state index in [4.69, 9.17) is 19.1 Å². The summed E-state index contributed by atoms with van der Waals surface area (Å²) < 4.78 is 11.7. The summed E-state index contributed by atoms with van der Waals surface area (Å²) in [6, 6.07) is 17.4. The number of aromatic nitrogens is 1. The van der Waals surface area contributed by atoms with E-state index in [2.05, 4.69) is 10.1 Å². The molecule has 1 aliphatic carbocycles. The second kappa shape index (κ2) is 10.8. The fourth-order valence-electron chi connectivity index (χ4n) is 3.39. The molecular formula is C26H28N2O5. The molecule has 1 heterocycles. The molecule has 1 saturated carbocycles. The lowest BCUT2D eigenvalue weighted by atomic mass is 10.1. The van der Waals surface area contributed by atoms with Crippen LogP contribution in [0.15, 0.2) is 64.2 Å². The van der Waals surface area contributed by atoms with Crippen LogP contribution in [0.4, 0.5) is 0 Å². The summed E-state index contributed by atoms with van der Waals surface area (Å²) >= 11 is 0. The summed E-state index contributed by atoms with van der Waals surface area (Å²) in [7, 11) is 0. The Labute approximate surface area is 193 Å². The molecule has 2 aromatic carbocycles. The Morgan fingerprint density at radius 1 is 1.15 bits per heavy atom. The van der Waals surface area contributed by atoms with Gasteiger partial charge in [0.1, 0.15) is 18.1 Å². The van der Waals surface area contributed by atoms with Crippen molar-refractivity contribution in [3.05, 3.63) is 71.6 Å². The molecule has 0 bridgehead atoms.